The summed E-state index contributed by atoms with van der Waals surface area (Å²) in [7, 11) is 0. The zero-order valence-electron chi connectivity index (χ0n) is 8.96. The van der Waals surface area contributed by atoms with Gasteiger partial charge in [-0.3, -0.25) is 9.69 Å². The highest BCUT2D eigenvalue weighted by Crippen LogP contribution is 2.19. The van der Waals surface area contributed by atoms with E-state index in [1.54, 1.807) is 6.92 Å². The van der Waals surface area contributed by atoms with Crippen LogP contribution in [0, 0.1) is 12.3 Å². The highest BCUT2D eigenvalue weighted by Gasteiger charge is 2.22. The van der Waals surface area contributed by atoms with Crippen LogP contribution < -0.4 is 0 Å². The molecule has 2 heteroatoms. The standard InChI is InChI=1S/C12H19NO/c1-3-4-8-13-9-6-5-7-12(13)10-11(2)14/h1,12H,4-10H2,2H3. The van der Waals surface area contributed by atoms with Crippen molar-refractivity contribution in [1.82, 2.24) is 4.90 Å². The van der Waals surface area contributed by atoms with Crippen molar-refractivity contribution in [3.8, 4) is 12.3 Å². The van der Waals surface area contributed by atoms with E-state index in [0.717, 1.165) is 25.9 Å². The first-order chi connectivity index (χ1) is 6.74. The maximum Gasteiger partial charge on any atom is 0.131 e. The van der Waals surface area contributed by atoms with Gasteiger partial charge in [-0.2, -0.15) is 0 Å². The lowest BCUT2D eigenvalue weighted by molar-refractivity contribution is -0.118. The molecular weight excluding hydrogens is 174 g/mol. The van der Waals surface area contributed by atoms with Crippen molar-refractivity contribution in [2.24, 2.45) is 0 Å². The van der Waals surface area contributed by atoms with Gasteiger partial charge in [0.1, 0.15) is 5.78 Å². The summed E-state index contributed by atoms with van der Waals surface area (Å²) in [4.78, 5) is 13.4. The fraction of sp³-hybridized carbons (Fsp3) is 0.750. The lowest BCUT2D eigenvalue weighted by Gasteiger charge is -2.34. The third-order valence-electron chi connectivity index (χ3n) is 2.82. The monoisotopic (exact) mass is 193 g/mol. The predicted octanol–water partition coefficient (Wildman–Crippen LogP) is 1.84. The van der Waals surface area contributed by atoms with Gasteiger partial charge >= 0.3 is 0 Å². The van der Waals surface area contributed by atoms with E-state index < -0.39 is 0 Å². The second-order valence-electron chi connectivity index (χ2n) is 4.05. The number of Topliss-reactive ketones (excluding diaryl/α,β-unsaturated/α-hetero) is 1. The maximum absolute atomic E-state index is 11.1. The number of ketones is 1. The molecule has 1 aliphatic heterocycles. The molecule has 1 saturated heterocycles. The van der Waals surface area contributed by atoms with E-state index >= 15 is 0 Å². The van der Waals surface area contributed by atoms with Gasteiger partial charge in [-0.05, 0) is 26.3 Å². The van der Waals surface area contributed by atoms with Crippen LogP contribution in [0.3, 0.4) is 0 Å². The normalized spacial score (nSPS) is 23.0. The van der Waals surface area contributed by atoms with Crippen molar-refractivity contribution in [2.75, 3.05) is 13.1 Å². The molecular formula is C12H19NO. The summed E-state index contributed by atoms with van der Waals surface area (Å²) < 4.78 is 0. The number of nitrogens with zero attached hydrogens (tertiary/aromatic N) is 1. The Kier molecular flexibility index (Phi) is 4.69. The number of likely N-dealkylation sites (tertiary alicyclic amines) is 1. The van der Waals surface area contributed by atoms with Gasteiger partial charge in [0.2, 0.25) is 0 Å². The first-order valence-electron chi connectivity index (χ1n) is 5.41. The Hall–Kier alpha value is -0.810. The van der Waals surface area contributed by atoms with Crippen LogP contribution in [-0.2, 0) is 4.79 Å². The number of carbonyl (C=O) groups excluding carboxylic acids is 1. The Morgan fingerprint density at radius 3 is 3.00 bits per heavy atom. The number of rotatable bonds is 4. The molecule has 1 fully saturated rings. The van der Waals surface area contributed by atoms with Crippen LogP contribution in [0.5, 0.6) is 0 Å². The largest absolute Gasteiger partial charge is 0.300 e. The summed E-state index contributed by atoms with van der Waals surface area (Å²) in [5.74, 6) is 2.96. The average Bonchev–Trinajstić information content (AvgIpc) is 2.16. The van der Waals surface area contributed by atoms with Crippen LogP contribution in [0.1, 0.15) is 39.0 Å². The number of terminal acetylenes is 1. The first-order valence-corrected chi connectivity index (χ1v) is 5.41. The van der Waals surface area contributed by atoms with Crippen LogP contribution in [0.15, 0.2) is 0 Å². The molecule has 1 unspecified atom stereocenters. The maximum atomic E-state index is 11.1. The molecule has 0 radical (unpaired) electrons. The molecule has 0 saturated carbocycles. The van der Waals surface area contributed by atoms with Gasteiger partial charge < -0.3 is 0 Å². The zero-order chi connectivity index (χ0) is 10.4. The van der Waals surface area contributed by atoms with Gasteiger partial charge in [-0.25, -0.2) is 0 Å². The second-order valence-corrected chi connectivity index (χ2v) is 4.05. The van der Waals surface area contributed by atoms with Crippen LogP contribution in [0.2, 0.25) is 0 Å². The zero-order valence-corrected chi connectivity index (χ0v) is 8.96. The smallest absolute Gasteiger partial charge is 0.131 e. The van der Waals surface area contributed by atoms with Crippen molar-refractivity contribution in [3.05, 3.63) is 0 Å². The number of piperidine rings is 1. The van der Waals surface area contributed by atoms with E-state index in [9.17, 15) is 4.79 Å². The molecule has 0 amide bonds. The van der Waals surface area contributed by atoms with Crippen molar-refractivity contribution < 1.29 is 4.79 Å². The lowest BCUT2D eigenvalue weighted by Crippen LogP contribution is -2.40. The minimum atomic E-state index is 0.294. The summed E-state index contributed by atoms with van der Waals surface area (Å²) in [6.07, 6.45) is 10.4. The Labute approximate surface area is 86.7 Å². The van der Waals surface area contributed by atoms with E-state index in [1.165, 1.54) is 12.8 Å². The molecule has 2 nitrogen and oxygen atoms in total. The highest BCUT2D eigenvalue weighted by molar-refractivity contribution is 5.76. The molecule has 0 N–H and O–H groups in total. The molecule has 1 rings (SSSR count). The van der Waals surface area contributed by atoms with E-state index in [2.05, 4.69) is 10.8 Å². The fourth-order valence-electron chi connectivity index (χ4n) is 2.13. The Balaban J connectivity index is 2.42. The summed E-state index contributed by atoms with van der Waals surface area (Å²) >= 11 is 0. The number of hydrogen-bond acceptors (Lipinski definition) is 2. The summed E-state index contributed by atoms with van der Waals surface area (Å²) in [5.41, 5.74) is 0. The quantitative estimate of drug-likeness (QED) is 0.635. The van der Waals surface area contributed by atoms with Crippen LogP contribution in [-0.4, -0.2) is 29.8 Å². The summed E-state index contributed by atoms with van der Waals surface area (Å²) in [6.45, 7) is 3.74. The molecule has 78 valence electrons. The van der Waals surface area contributed by atoms with Crippen LogP contribution in [0.4, 0.5) is 0 Å². The minimum Gasteiger partial charge on any atom is -0.300 e. The van der Waals surface area contributed by atoms with Gasteiger partial charge in [0.25, 0.3) is 0 Å². The molecule has 1 heterocycles. The number of hydrogen-bond donors (Lipinski definition) is 0. The van der Waals surface area contributed by atoms with Gasteiger partial charge in [0, 0.05) is 25.4 Å². The van der Waals surface area contributed by atoms with Crippen LogP contribution in [0.25, 0.3) is 0 Å². The van der Waals surface area contributed by atoms with E-state index in [-0.39, 0.29) is 0 Å². The number of carbonyl (C=O) groups is 1. The average molecular weight is 193 g/mol. The van der Waals surface area contributed by atoms with Gasteiger partial charge in [0.15, 0.2) is 0 Å². The Bertz CT molecular complexity index is 229. The summed E-state index contributed by atoms with van der Waals surface area (Å²) in [5, 5.41) is 0. The molecule has 0 aliphatic carbocycles. The van der Waals surface area contributed by atoms with Crippen molar-refractivity contribution in [3.63, 3.8) is 0 Å². The summed E-state index contributed by atoms with van der Waals surface area (Å²) in [6, 6.07) is 0.453. The molecule has 0 aromatic heterocycles. The van der Waals surface area contributed by atoms with Crippen LogP contribution >= 0.6 is 0 Å². The van der Waals surface area contributed by atoms with Crippen molar-refractivity contribution in [2.45, 2.75) is 45.1 Å². The molecule has 1 aliphatic rings. The third kappa shape index (κ3) is 3.51. The van der Waals surface area contributed by atoms with Crippen molar-refractivity contribution in [1.29, 1.82) is 0 Å². The van der Waals surface area contributed by atoms with Gasteiger partial charge in [0.05, 0.1) is 0 Å². The minimum absolute atomic E-state index is 0.294. The molecule has 14 heavy (non-hydrogen) atoms. The second kappa shape index (κ2) is 5.82. The molecule has 0 aromatic carbocycles. The van der Waals surface area contributed by atoms with Gasteiger partial charge in [-0.15, -0.1) is 12.3 Å². The van der Waals surface area contributed by atoms with Gasteiger partial charge in [-0.1, -0.05) is 6.42 Å². The lowest BCUT2D eigenvalue weighted by atomic mass is 9.97. The van der Waals surface area contributed by atoms with E-state index in [0.29, 0.717) is 18.2 Å². The molecule has 0 spiro atoms. The SMILES string of the molecule is C#CCCN1CCCCC1CC(C)=O. The Morgan fingerprint density at radius 2 is 2.36 bits per heavy atom. The van der Waals surface area contributed by atoms with Crippen molar-refractivity contribution >= 4 is 5.78 Å². The Morgan fingerprint density at radius 1 is 1.57 bits per heavy atom. The molecule has 0 bridgehead atoms. The fourth-order valence-corrected chi connectivity index (χ4v) is 2.13. The third-order valence-corrected chi connectivity index (χ3v) is 2.82. The molecule has 0 aromatic rings. The predicted molar refractivity (Wildman–Crippen MR) is 58.0 cm³/mol. The van der Waals surface area contributed by atoms with E-state index in [4.69, 9.17) is 6.42 Å². The topological polar surface area (TPSA) is 20.3 Å². The van der Waals surface area contributed by atoms with E-state index in [1.807, 2.05) is 0 Å². The first kappa shape index (κ1) is 11.3. The highest BCUT2D eigenvalue weighted by atomic mass is 16.1. The molecule has 1 atom stereocenters.